The molecule has 1 atom stereocenters. The van der Waals surface area contributed by atoms with Crippen molar-refractivity contribution in [1.29, 1.82) is 0 Å². The summed E-state index contributed by atoms with van der Waals surface area (Å²) in [7, 11) is 0. The quantitative estimate of drug-likeness (QED) is 0.392. The maximum absolute atomic E-state index is 11.0. The second-order valence-electron chi connectivity index (χ2n) is 2.51. The number of hydrogen-bond donors (Lipinski definition) is 0. The van der Waals surface area contributed by atoms with Gasteiger partial charge in [0.2, 0.25) is 0 Å². The summed E-state index contributed by atoms with van der Waals surface area (Å²) in [4.78, 5) is 11.0. The fourth-order valence-corrected chi connectivity index (χ4v) is 0.995. The van der Waals surface area contributed by atoms with Crippen molar-refractivity contribution in [3.63, 3.8) is 0 Å². The van der Waals surface area contributed by atoms with Crippen molar-refractivity contribution in [2.45, 2.75) is 19.8 Å². The maximum atomic E-state index is 11.0. The Labute approximate surface area is 72.3 Å². The zero-order valence-electron chi connectivity index (χ0n) is 7.02. The molecule has 2 nitrogen and oxygen atoms in total. The molecular weight excluding hydrogens is 152 g/mol. The van der Waals surface area contributed by atoms with E-state index in [9.17, 15) is 4.79 Å². The lowest BCUT2D eigenvalue weighted by atomic mass is 10.0. The van der Waals surface area contributed by atoms with Gasteiger partial charge < -0.3 is 4.74 Å². The first kappa shape index (κ1) is 8.68. The van der Waals surface area contributed by atoms with Crippen molar-refractivity contribution in [3.05, 3.63) is 0 Å². The number of hydrogen-bond acceptors (Lipinski definition) is 2. The molecule has 0 spiro atoms. The van der Waals surface area contributed by atoms with Crippen LogP contribution in [0.15, 0.2) is 0 Å². The Morgan fingerprint density at radius 3 is 3.00 bits per heavy atom. The average molecular weight is 162 g/mol. The van der Waals surface area contributed by atoms with Crippen LogP contribution < -0.4 is 0 Å². The van der Waals surface area contributed by atoms with Gasteiger partial charge in [-0.3, -0.25) is 4.79 Å². The predicted molar refractivity (Wildman–Crippen MR) is 44.9 cm³/mol. The van der Waals surface area contributed by atoms with E-state index >= 15 is 0 Å². The third-order valence-electron chi connectivity index (χ3n) is 1.60. The summed E-state index contributed by atoms with van der Waals surface area (Å²) in [6.07, 6.45) is 1.71. The van der Waals surface area contributed by atoms with Gasteiger partial charge in [-0.25, -0.2) is 0 Å². The normalized spacial score (nSPS) is 21.1. The van der Waals surface area contributed by atoms with E-state index in [2.05, 4.69) is 23.7 Å². The lowest BCUT2D eigenvalue weighted by Crippen LogP contribution is -2.22. The highest BCUT2D eigenvalue weighted by Crippen LogP contribution is 2.13. The molecule has 1 unspecified atom stereocenters. The van der Waals surface area contributed by atoms with Crippen molar-refractivity contribution in [2.24, 2.45) is 5.92 Å². The third-order valence-corrected chi connectivity index (χ3v) is 1.60. The zero-order valence-corrected chi connectivity index (χ0v) is 7.02. The van der Waals surface area contributed by atoms with Crippen LogP contribution in [0.2, 0.25) is 0 Å². The number of ether oxygens (including phenoxy) is 1. The van der Waals surface area contributed by atoms with Crippen LogP contribution in [0, 0.1) is 29.6 Å². The van der Waals surface area contributed by atoms with Crippen molar-refractivity contribution >= 4 is 5.97 Å². The first-order valence-corrected chi connectivity index (χ1v) is 3.93. The summed E-state index contributed by atoms with van der Waals surface area (Å²) in [5.41, 5.74) is 0. The van der Waals surface area contributed by atoms with E-state index in [1.807, 2.05) is 0 Å². The predicted octanol–water partition coefficient (Wildman–Crippen LogP) is 0.966. The molecule has 12 heavy (non-hydrogen) atoms. The van der Waals surface area contributed by atoms with Gasteiger partial charge in [-0.1, -0.05) is 11.8 Å². The summed E-state index contributed by atoms with van der Waals surface area (Å²) < 4.78 is 4.83. The van der Waals surface area contributed by atoms with Crippen molar-refractivity contribution < 1.29 is 9.53 Å². The van der Waals surface area contributed by atoms with Gasteiger partial charge in [-0.15, -0.1) is 0 Å². The molecule has 0 aliphatic carbocycles. The summed E-state index contributed by atoms with van der Waals surface area (Å²) in [5, 5.41) is 0. The smallest absolute Gasteiger partial charge is 0.321 e. The molecule has 1 saturated heterocycles. The number of carbonyl (C=O) groups is 1. The molecule has 0 saturated carbocycles. The standard InChI is InChI=1S/C10H10O2/c1-2-3-4-6-9-7-5-8-12-10(9)11/h9H,5,7-8H2,1H3. The average Bonchev–Trinajstić information content (AvgIpc) is 2.09. The molecule has 0 bridgehead atoms. The Morgan fingerprint density at radius 2 is 2.33 bits per heavy atom. The molecule has 0 aromatic carbocycles. The Bertz CT molecular complexity index is 282. The maximum Gasteiger partial charge on any atom is 0.321 e. The van der Waals surface area contributed by atoms with Crippen molar-refractivity contribution in [3.8, 4) is 23.7 Å². The van der Waals surface area contributed by atoms with Crippen LogP contribution in [0.1, 0.15) is 19.8 Å². The molecule has 0 radical (unpaired) electrons. The van der Waals surface area contributed by atoms with Crippen LogP contribution in [-0.2, 0) is 9.53 Å². The minimum absolute atomic E-state index is 0.202. The lowest BCUT2D eigenvalue weighted by molar-refractivity contribution is -0.150. The minimum atomic E-state index is -0.250. The van der Waals surface area contributed by atoms with Gasteiger partial charge in [0.1, 0.15) is 5.92 Å². The molecule has 0 aromatic heterocycles. The van der Waals surface area contributed by atoms with E-state index in [1.165, 1.54) is 0 Å². The van der Waals surface area contributed by atoms with Gasteiger partial charge in [0, 0.05) is 0 Å². The fraction of sp³-hybridized carbons (Fsp3) is 0.500. The Morgan fingerprint density at radius 1 is 1.50 bits per heavy atom. The highest BCUT2D eigenvalue weighted by atomic mass is 16.5. The van der Waals surface area contributed by atoms with Crippen molar-refractivity contribution in [2.75, 3.05) is 6.61 Å². The molecule has 1 aliphatic rings. The van der Waals surface area contributed by atoms with Crippen LogP contribution in [0.4, 0.5) is 0 Å². The first-order chi connectivity index (χ1) is 5.84. The molecule has 2 heteroatoms. The first-order valence-electron chi connectivity index (χ1n) is 3.93. The Hall–Kier alpha value is -1.41. The Balaban J connectivity index is 2.55. The summed E-state index contributed by atoms with van der Waals surface area (Å²) in [5.74, 6) is 10.2. The van der Waals surface area contributed by atoms with E-state index < -0.39 is 0 Å². The molecule has 1 aliphatic heterocycles. The second-order valence-corrected chi connectivity index (χ2v) is 2.51. The summed E-state index contributed by atoms with van der Waals surface area (Å²) >= 11 is 0. The highest BCUT2D eigenvalue weighted by Gasteiger charge is 2.21. The van der Waals surface area contributed by atoms with E-state index in [0.29, 0.717) is 6.61 Å². The SMILES string of the molecule is CC#CC#CC1CCCOC1=O. The van der Waals surface area contributed by atoms with Gasteiger partial charge in [0.05, 0.1) is 6.61 Å². The van der Waals surface area contributed by atoms with Crippen LogP contribution in [0.5, 0.6) is 0 Å². The van der Waals surface area contributed by atoms with Crippen LogP contribution in [0.3, 0.4) is 0 Å². The monoisotopic (exact) mass is 162 g/mol. The van der Waals surface area contributed by atoms with E-state index in [1.54, 1.807) is 6.92 Å². The molecule has 0 amide bonds. The van der Waals surface area contributed by atoms with E-state index in [4.69, 9.17) is 4.74 Å². The molecule has 0 aromatic rings. The summed E-state index contributed by atoms with van der Waals surface area (Å²) in [6.45, 7) is 2.25. The van der Waals surface area contributed by atoms with Crippen LogP contribution in [0.25, 0.3) is 0 Å². The molecular formula is C10H10O2. The number of esters is 1. The van der Waals surface area contributed by atoms with Gasteiger partial charge in [0.25, 0.3) is 0 Å². The lowest BCUT2D eigenvalue weighted by Gasteiger charge is -2.15. The van der Waals surface area contributed by atoms with Crippen molar-refractivity contribution in [1.82, 2.24) is 0 Å². The molecule has 62 valence electrons. The topological polar surface area (TPSA) is 26.3 Å². The fourth-order valence-electron chi connectivity index (χ4n) is 0.995. The molecule has 1 rings (SSSR count). The number of carbonyl (C=O) groups excluding carboxylic acids is 1. The van der Waals surface area contributed by atoms with Gasteiger partial charge in [-0.05, 0) is 31.6 Å². The van der Waals surface area contributed by atoms with Crippen LogP contribution in [-0.4, -0.2) is 12.6 Å². The van der Waals surface area contributed by atoms with Gasteiger partial charge in [0.15, 0.2) is 0 Å². The molecule has 0 N–H and O–H groups in total. The highest BCUT2D eigenvalue weighted by molar-refractivity contribution is 5.76. The second kappa shape index (κ2) is 4.46. The largest absolute Gasteiger partial charge is 0.465 e. The molecule has 1 heterocycles. The minimum Gasteiger partial charge on any atom is -0.465 e. The van der Waals surface area contributed by atoms with E-state index in [-0.39, 0.29) is 11.9 Å². The van der Waals surface area contributed by atoms with Gasteiger partial charge in [-0.2, -0.15) is 0 Å². The summed E-state index contributed by atoms with van der Waals surface area (Å²) in [6, 6.07) is 0. The van der Waals surface area contributed by atoms with Crippen LogP contribution >= 0.6 is 0 Å². The van der Waals surface area contributed by atoms with Gasteiger partial charge >= 0.3 is 5.97 Å². The Kier molecular flexibility index (Phi) is 3.23. The zero-order chi connectivity index (χ0) is 8.81. The third kappa shape index (κ3) is 2.32. The number of cyclic esters (lactones) is 1. The molecule has 1 fully saturated rings. The van der Waals surface area contributed by atoms with E-state index in [0.717, 1.165) is 12.8 Å². The number of rotatable bonds is 0.